The predicted molar refractivity (Wildman–Crippen MR) is 77.7 cm³/mol. The van der Waals surface area contributed by atoms with Crippen LogP contribution in [0.2, 0.25) is 0 Å². The van der Waals surface area contributed by atoms with Crippen LogP contribution in [-0.2, 0) is 23.8 Å². The summed E-state index contributed by atoms with van der Waals surface area (Å²) < 4.78 is 15.1. The number of nitrogens with zero attached hydrogens (tertiary/aromatic N) is 1. The summed E-state index contributed by atoms with van der Waals surface area (Å²) in [6, 6.07) is 0. The SMILES string of the molecule is C=CC(=O)N1CCOCC1.C=CC(=O)OCC1CCCO1. The van der Waals surface area contributed by atoms with Crippen LogP contribution in [0.25, 0.3) is 0 Å². The summed E-state index contributed by atoms with van der Waals surface area (Å²) in [6.45, 7) is 10.6. The second-order valence-electron chi connectivity index (χ2n) is 4.61. The number of amides is 1. The number of rotatable bonds is 4. The van der Waals surface area contributed by atoms with Gasteiger partial charge in [0.1, 0.15) is 6.61 Å². The molecule has 6 heteroatoms. The molecule has 0 N–H and O–H groups in total. The van der Waals surface area contributed by atoms with Crippen molar-refractivity contribution in [1.29, 1.82) is 0 Å². The molecule has 2 heterocycles. The summed E-state index contributed by atoms with van der Waals surface area (Å²) in [7, 11) is 0. The fourth-order valence-corrected chi connectivity index (χ4v) is 1.92. The van der Waals surface area contributed by atoms with Crippen molar-refractivity contribution in [2.45, 2.75) is 18.9 Å². The third kappa shape index (κ3) is 7.06. The minimum absolute atomic E-state index is 0.00306. The van der Waals surface area contributed by atoms with Gasteiger partial charge in [0.15, 0.2) is 0 Å². The third-order valence-corrected chi connectivity index (χ3v) is 3.10. The molecule has 0 aromatic heterocycles. The second kappa shape index (κ2) is 10.1. The molecule has 2 rings (SSSR count). The van der Waals surface area contributed by atoms with E-state index >= 15 is 0 Å². The number of esters is 1. The van der Waals surface area contributed by atoms with Crippen LogP contribution in [0.4, 0.5) is 0 Å². The Morgan fingerprint density at radius 2 is 1.90 bits per heavy atom. The molecule has 1 amide bonds. The summed E-state index contributed by atoms with van der Waals surface area (Å²) in [5.41, 5.74) is 0. The van der Waals surface area contributed by atoms with Crippen LogP contribution in [0.15, 0.2) is 25.3 Å². The zero-order chi connectivity index (χ0) is 15.5. The molecule has 0 bridgehead atoms. The quantitative estimate of drug-likeness (QED) is 0.570. The Balaban J connectivity index is 0.000000211. The molecule has 2 fully saturated rings. The monoisotopic (exact) mass is 297 g/mol. The minimum atomic E-state index is -0.375. The highest BCUT2D eigenvalue weighted by atomic mass is 16.6. The highest BCUT2D eigenvalue weighted by molar-refractivity contribution is 5.87. The van der Waals surface area contributed by atoms with Gasteiger partial charge < -0.3 is 19.1 Å². The number of morpholine rings is 1. The Hall–Kier alpha value is -1.66. The summed E-state index contributed by atoms with van der Waals surface area (Å²) in [5, 5.41) is 0. The van der Waals surface area contributed by atoms with Gasteiger partial charge in [-0.2, -0.15) is 0 Å². The smallest absolute Gasteiger partial charge is 0.330 e. The third-order valence-electron chi connectivity index (χ3n) is 3.10. The van der Waals surface area contributed by atoms with E-state index in [0.29, 0.717) is 32.9 Å². The van der Waals surface area contributed by atoms with E-state index < -0.39 is 0 Å². The first kappa shape index (κ1) is 17.4. The molecule has 2 aliphatic rings. The Kier molecular flexibility index (Phi) is 8.38. The van der Waals surface area contributed by atoms with Crippen molar-refractivity contribution in [2.24, 2.45) is 0 Å². The number of hydrogen-bond donors (Lipinski definition) is 0. The average molecular weight is 297 g/mol. The first-order chi connectivity index (χ1) is 10.2. The lowest BCUT2D eigenvalue weighted by molar-refractivity contribution is -0.140. The van der Waals surface area contributed by atoms with E-state index in [2.05, 4.69) is 13.2 Å². The van der Waals surface area contributed by atoms with Gasteiger partial charge in [0.25, 0.3) is 0 Å². The second-order valence-corrected chi connectivity index (χ2v) is 4.61. The normalized spacial score (nSPS) is 21.0. The lowest BCUT2D eigenvalue weighted by atomic mass is 10.2. The maximum Gasteiger partial charge on any atom is 0.330 e. The Labute approximate surface area is 125 Å². The van der Waals surface area contributed by atoms with E-state index in [-0.39, 0.29) is 18.0 Å². The van der Waals surface area contributed by atoms with Gasteiger partial charge in [-0.25, -0.2) is 4.79 Å². The van der Waals surface area contributed by atoms with Gasteiger partial charge in [0.05, 0.1) is 19.3 Å². The number of carbonyl (C=O) groups excluding carboxylic acids is 2. The van der Waals surface area contributed by atoms with Crippen LogP contribution >= 0.6 is 0 Å². The van der Waals surface area contributed by atoms with Crippen LogP contribution in [0, 0.1) is 0 Å². The lowest BCUT2D eigenvalue weighted by Crippen LogP contribution is -2.39. The number of ether oxygens (including phenoxy) is 3. The molecule has 118 valence electrons. The summed E-state index contributed by atoms with van der Waals surface area (Å²) in [5.74, 6) is -0.371. The van der Waals surface area contributed by atoms with Crippen molar-refractivity contribution in [2.75, 3.05) is 39.5 Å². The van der Waals surface area contributed by atoms with E-state index in [1.54, 1.807) is 4.90 Å². The van der Waals surface area contributed by atoms with Gasteiger partial charge in [-0.15, -0.1) is 0 Å². The predicted octanol–water partition coefficient (Wildman–Crippen LogP) is 0.926. The first-order valence-corrected chi connectivity index (χ1v) is 7.07. The topological polar surface area (TPSA) is 65.1 Å². The number of carbonyl (C=O) groups is 2. The van der Waals surface area contributed by atoms with Crippen molar-refractivity contribution in [3.05, 3.63) is 25.3 Å². The minimum Gasteiger partial charge on any atom is -0.460 e. The molecule has 21 heavy (non-hydrogen) atoms. The zero-order valence-electron chi connectivity index (χ0n) is 12.3. The largest absolute Gasteiger partial charge is 0.460 e. The fourth-order valence-electron chi connectivity index (χ4n) is 1.92. The zero-order valence-corrected chi connectivity index (χ0v) is 12.3. The van der Waals surface area contributed by atoms with Crippen LogP contribution in [0.3, 0.4) is 0 Å². The van der Waals surface area contributed by atoms with Gasteiger partial charge >= 0.3 is 5.97 Å². The van der Waals surface area contributed by atoms with Crippen molar-refractivity contribution < 1.29 is 23.8 Å². The summed E-state index contributed by atoms with van der Waals surface area (Å²) in [6.07, 6.45) is 4.67. The van der Waals surface area contributed by atoms with E-state index in [0.717, 1.165) is 25.5 Å². The van der Waals surface area contributed by atoms with Gasteiger partial charge in [0, 0.05) is 25.8 Å². The van der Waals surface area contributed by atoms with Gasteiger partial charge in [-0.1, -0.05) is 13.2 Å². The van der Waals surface area contributed by atoms with Crippen LogP contribution in [0.1, 0.15) is 12.8 Å². The maximum absolute atomic E-state index is 10.9. The fraction of sp³-hybridized carbons (Fsp3) is 0.600. The van der Waals surface area contributed by atoms with Crippen molar-refractivity contribution in [3.8, 4) is 0 Å². The maximum atomic E-state index is 10.9. The summed E-state index contributed by atoms with van der Waals surface area (Å²) >= 11 is 0. The molecule has 0 radical (unpaired) electrons. The highest BCUT2D eigenvalue weighted by Crippen LogP contribution is 2.11. The number of hydrogen-bond acceptors (Lipinski definition) is 5. The summed E-state index contributed by atoms with van der Waals surface area (Å²) in [4.78, 5) is 23.2. The molecule has 2 aliphatic heterocycles. The van der Waals surface area contributed by atoms with Crippen molar-refractivity contribution in [3.63, 3.8) is 0 Å². The van der Waals surface area contributed by atoms with E-state index in [9.17, 15) is 9.59 Å². The molecule has 1 unspecified atom stereocenters. The van der Waals surface area contributed by atoms with Crippen LogP contribution in [-0.4, -0.2) is 62.4 Å². The van der Waals surface area contributed by atoms with Crippen molar-refractivity contribution >= 4 is 11.9 Å². The molecule has 0 aromatic carbocycles. The standard InChI is InChI=1S/C8H12O3.C7H11NO2/c1-2-8(9)11-6-7-4-3-5-10-7;1-2-7(9)8-3-5-10-6-4-8/h2,7H,1,3-6H2;2H,1,3-6H2. The van der Waals surface area contributed by atoms with Gasteiger partial charge in [0.2, 0.25) is 5.91 Å². The molecular formula is C15H23NO5. The molecule has 0 aromatic rings. The Bertz CT molecular complexity index is 357. The van der Waals surface area contributed by atoms with Crippen LogP contribution < -0.4 is 0 Å². The molecule has 0 saturated carbocycles. The highest BCUT2D eigenvalue weighted by Gasteiger charge is 2.16. The molecular weight excluding hydrogens is 274 g/mol. The van der Waals surface area contributed by atoms with E-state index in [4.69, 9.17) is 14.2 Å². The van der Waals surface area contributed by atoms with Gasteiger partial charge in [-0.05, 0) is 18.9 Å². The van der Waals surface area contributed by atoms with E-state index in [1.165, 1.54) is 6.08 Å². The van der Waals surface area contributed by atoms with Crippen LogP contribution in [0.5, 0.6) is 0 Å². The molecule has 0 spiro atoms. The Morgan fingerprint density at radius 3 is 2.43 bits per heavy atom. The van der Waals surface area contributed by atoms with Crippen molar-refractivity contribution in [1.82, 2.24) is 4.90 Å². The van der Waals surface area contributed by atoms with E-state index in [1.807, 2.05) is 0 Å². The lowest BCUT2D eigenvalue weighted by Gasteiger charge is -2.25. The molecule has 1 atom stereocenters. The first-order valence-electron chi connectivity index (χ1n) is 7.07. The van der Waals surface area contributed by atoms with Gasteiger partial charge in [-0.3, -0.25) is 4.79 Å². The molecule has 2 saturated heterocycles. The Morgan fingerprint density at radius 1 is 1.19 bits per heavy atom. The molecule has 6 nitrogen and oxygen atoms in total. The average Bonchev–Trinajstić information content (AvgIpc) is 3.06. The molecule has 0 aliphatic carbocycles.